The van der Waals surface area contributed by atoms with Crippen molar-refractivity contribution in [3.05, 3.63) is 81.3 Å². The van der Waals surface area contributed by atoms with Gasteiger partial charge in [0.25, 0.3) is 5.91 Å². The summed E-state index contributed by atoms with van der Waals surface area (Å²) >= 11 is 9.24. The second kappa shape index (κ2) is 8.22. The number of fused-ring (bicyclic) bond motifs is 1. The van der Waals surface area contributed by atoms with Crippen LogP contribution in [0.3, 0.4) is 0 Å². The van der Waals surface area contributed by atoms with Gasteiger partial charge < -0.3 is 0 Å². The summed E-state index contributed by atoms with van der Waals surface area (Å²) in [6.07, 6.45) is 6.90. The minimum absolute atomic E-state index is 0.125. The number of aryl methyl sites for hydroxylation is 1. The lowest BCUT2D eigenvalue weighted by Gasteiger charge is -2.18. The van der Waals surface area contributed by atoms with E-state index in [9.17, 15) is 4.79 Å². The van der Waals surface area contributed by atoms with Gasteiger partial charge in [0.05, 0.1) is 16.8 Å². The molecule has 7 heteroatoms. The number of aromatic nitrogens is 2. The average Bonchev–Trinajstić information content (AvgIpc) is 3.34. The molecule has 0 aliphatic heterocycles. The number of thiophene rings is 1. The highest BCUT2D eigenvalue weighted by molar-refractivity contribution is 7.22. The van der Waals surface area contributed by atoms with Crippen molar-refractivity contribution in [2.75, 3.05) is 4.90 Å². The number of rotatable bonds is 5. The van der Waals surface area contributed by atoms with Crippen LogP contribution in [-0.2, 0) is 11.3 Å². The van der Waals surface area contributed by atoms with E-state index in [-0.39, 0.29) is 5.91 Å². The van der Waals surface area contributed by atoms with Gasteiger partial charge in [-0.3, -0.25) is 14.7 Å². The Hall–Kier alpha value is -2.54. The van der Waals surface area contributed by atoms with Crippen LogP contribution in [0.15, 0.2) is 60.2 Å². The summed E-state index contributed by atoms with van der Waals surface area (Å²) in [5.74, 6) is -0.125. The number of hydrogen-bond donors (Lipinski definition) is 0. The number of pyridine rings is 1. The molecule has 0 aliphatic carbocycles. The summed E-state index contributed by atoms with van der Waals surface area (Å²) < 4.78 is 0.964. The Morgan fingerprint density at radius 1 is 1.29 bits per heavy atom. The van der Waals surface area contributed by atoms with Crippen LogP contribution >= 0.6 is 34.3 Å². The molecule has 0 saturated carbocycles. The third-order valence-corrected chi connectivity index (χ3v) is 6.21. The van der Waals surface area contributed by atoms with Crippen LogP contribution in [0.5, 0.6) is 0 Å². The van der Waals surface area contributed by atoms with E-state index in [1.165, 1.54) is 11.3 Å². The number of nitrogens with zero attached hydrogens (tertiary/aromatic N) is 3. The maximum absolute atomic E-state index is 13.0. The van der Waals surface area contributed by atoms with Crippen molar-refractivity contribution < 1.29 is 4.79 Å². The standard InChI is InChI=1S/C21H16ClN3OS2/c1-14-10-16(22)11-18-20(14)24-21(28-18)25(13-15-4-2-8-23-12-15)19(26)7-6-17-5-3-9-27-17/h2-12H,13H2,1H3/b7-6+. The SMILES string of the molecule is Cc1cc(Cl)cc2sc(N(Cc3cccnc3)C(=O)/C=C/c3cccs3)nc12. The summed E-state index contributed by atoms with van der Waals surface area (Å²) in [5, 5.41) is 3.30. The van der Waals surface area contributed by atoms with Crippen LogP contribution in [0, 0.1) is 6.92 Å². The number of halogens is 1. The first kappa shape index (κ1) is 18.8. The Morgan fingerprint density at radius 3 is 2.93 bits per heavy atom. The Labute approximate surface area is 175 Å². The molecular formula is C21H16ClN3OS2. The van der Waals surface area contributed by atoms with E-state index in [1.807, 2.05) is 54.8 Å². The van der Waals surface area contributed by atoms with Crippen molar-refractivity contribution >= 4 is 61.6 Å². The molecule has 3 aromatic heterocycles. The molecule has 0 bridgehead atoms. The molecule has 4 nitrogen and oxygen atoms in total. The molecule has 4 rings (SSSR count). The molecule has 1 aromatic carbocycles. The minimum Gasteiger partial charge on any atom is -0.280 e. The first-order valence-electron chi connectivity index (χ1n) is 8.59. The zero-order chi connectivity index (χ0) is 19.5. The maximum Gasteiger partial charge on any atom is 0.253 e. The number of carbonyl (C=O) groups is 1. The molecule has 28 heavy (non-hydrogen) atoms. The Balaban J connectivity index is 1.72. The van der Waals surface area contributed by atoms with Gasteiger partial charge in [-0.1, -0.05) is 35.1 Å². The van der Waals surface area contributed by atoms with E-state index < -0.39 is 0 Å². The Bertz CT molecular complexity index is 1140. The van der Waals surface area contributed by atoms with Gasteiger partial charge >= 0.3 is 0 Å². The number of amides is 1. The highest BCUT2D eigenvalue weighted by atomic mass is 35.5. The summed E-state index contributed by atoms with van der Waals surface area (Å²) in [4.78, 5) is 24.6. The van der Waals surface area contributed by atoms with Crippen LogP contribution in [0.25, 0.3) is 16.3 Å². The first-order chi connectivity index (χ1) is 13.6. The zero-order valence-corrected chi connectivity index (χ0v) is 17.4. The molecule has 0 unspecified atom stereocenters. The van der Waals surface area contributed by atoms with Crippen LogP contribution < -0.4 is 4.90 Å². The second-order valence-electron chi connectivity index (χ2n) is 6.20. The monoisotopic (exact) mass is 425 g/mol. The lowest BCUT2D eigenvalue weighted by molar-refractivity contribution is -0.114. The van der Waals surface area contributed by atoms with Crippen molar-refractivity contribution in [1.82, 2.24) is 9.97 Å². The first-order valence-corrected chi connectivity index (χ1v) is 10.7. The average molecular weight is 426 g/mol. The summed E-state index contributed by atoms with van der Waals surface area (Å²) in [5.41, 5.74) is 2.80. The fourth-order valence-electron chi connectivity index (χ4n) is 2.80. The van der Waals surface area contributed by atoms with Gasteiger partial charge in [0.1, 0.15) is 0 Å². The van der Waals surface area contributed by atoms with Crippen LogP contribution in [0.2, 0.25) is 5.02 Å². The largest absolute Gasteiger partial charge is 0.280 e. The molecule has 4 aromatic rings. The number of hydrogen-bond acceptors (Lipinski definition) is 5. The van der Waals surface area contributed by atoms with Crippen LogP contribution in [0.4, 0.5) is 5.13 Å². The molecule has 0 fully saturated rings. The molecule has 140 valence electrons. The summed E-state index contributed by atoms with van der Waals surface area (Å²) in [6.45, 7) is 2.37. The van der Waals surface area contributed by atoms with E-state index in [0.29, 0.717) is 16.7 Å². The van der Waals surface area contributed by atoms with E-state index >= 15 is 0 Å². The third kappa shape index (κ3) is 4.14. The lowest BCUT2D eigenvalue weighted by Crippen LogP contribution is -2.28. The maximum atomic E-state index is 13.0. The van der Waals surface area contributed by atoms with Gasteiger partial charge in [-0.2, -0.15) is 0 Å². The topological polar surface area (TPSA) is 46.1 Å². The number of carbonyl (C=O) groups excluding carboxylic acids is 1. The molecule has 0 aliphatic rings. The number of benzene rings is 1. The van der Waals surface area contributed by atoms with Gasteiger partial charge in [0.2, 0.25) is 0 Å². The fraction of sp³-hybridized carbons (Fsp3) is 0.0952. The van der Waals surface area contributed by atoms with Crippen molar-refractivity contribution in [3.63, 3.8) is 0 Å². The van der Waals surface area contributed by atoms with Crippen LogP contribution in [0.1, 0.15) is 16.0 Å². The van der Waals surface area contributed by atoms with Gasteiger partial charge in [-0.05, 0) is 53.8 Å². The summed E-state index contributed by atoms with van der Waals surface area (Å²) in [7, 11) is 0. The molecule has 1 amide bonds. The molecule has 0 radical (unpaired) electrons. The second-order valence-corrected chi connectivity index (χ2v) is 8.63. The van der Waals surface area contributed by atoms with E-state index in [4.69, 9.17) is 16.6 Å². The minimum atomic E-state index is -0.125. The quantitative estimate of drug-likeness (QED) is 0.370. The van der Waals surface area contributed by atoms with Crippen molar-refractivity contribution in [2.45, 2.75) is 13.5 Å². The normalized spacial score (nSPS) is 11.4. The van der Waals surface area contributed by atoms with Crippen LogP contribution in [-0.4, -0.2) is 15.9 Å². The van der Waals surface area contributed by atoms with Gasteiger partial charge in [-0.25, -0.2) is 4.98 Å². The summed E-state index contributed by atoms with van der Waals surface area (Å²) in [6, 6.07) is 11.5. The van der Waals surface area contributed by atoms with Crippen molar-refractivity contribution in [3.8, 4) is 0 Å². The van der Waals surface area contributed by atoms with E-state index in [1.54, 1.807) is 34.7 Å². The lowest BCUT2D eigenvalue weighted by atomic mass is 10.2. The molecular weight excluding hydrogens is 410 g/mol. The number of thiazole rings is 1. The predicted molar refractivity (Wildman–Crippen MR) is 118 cm³/mol. The number of anilines is 1. The van der Waals surface area contributed by atoms with Crippen molar-refractivity contribution in [2.24, 2.45) is 0 Å². The Kier molecular flexibility index (Phi) is 5.52. The molecule has 0 saturated heterocycles. The smallest absolute Gasteiger partial charge is 0.253 e. The van der Waals surface area contributed by atoms with E-state index in [0.717, 1.165) is 26.2 Å². The predicted octanol–water partition coefficient (Wildman–Crippen LogP) is 5.96. The fourth-order valence-corrected chi connectivity index (χ4v) is 4.84. The highest BCUT2D eigenvalue weighted by Crippen LogP contribution is 2.33. The van der Waals surface area contributed by atoms with Gasteiger partial charge in [0.15, 0.2) is 5.13 Å². The van der Waals surface area contributed by atoms with Gasteiger partial charge in [0, 0.05) is 28.4 Å². The third-order valence-electron chi connectivity index (χ3n) is 4.13. The molecule has 0 N–H and O–H groups in total. The molecule has 0 atom stereocenters. The molecule has 3 heterocycles. The van der Waals surface area contributed by atoms with Crippen molar-refractivity contribution in [1.29, 1.82) is 0 Å². The van der Waals surface area contributed by atoms with Gasteiger partial charge in [-0.15, -0.1) is 11.3 Å². The zero-order valence-electron chi connectivity index (χ0n) is 15.0. The Morgan fingerprint density at radius 2 is 2.18 bits per heavy atom. The molecule has 0 spiro atoms. The van der Waals surface area contributed by atoms with E-state index in [2.05, 4.69) is 4.98 Å². The highest BCUT2D eigenvalue weighted by Gasteiger charge is 2.19.